The molecule has 1 saturated heterocycles. The quantitative estimate of drug-likeness (QED) is 0.615. The SMILES string of the molecule is CN=C(NC1CCCC1)NC1CCN(CC(F)(F)F)C1. The topological polar surface area (TPSA) is 39.7 Å². The van der Waals surface area contributed by atoms with Crippen LogP contribution in [0.2, 0.25) is 0 Å². The summed E-state index contributed by atoms with van der Waals surface area (Å²) < 4.78 is 37.0. The van der Waals surface area contributed by atoms with Gasteiger partial charge in [0.25, 0.3) is 0 Å². The highest BCUT2D eigenvalue weighted by atomic mass is 19.4. The van der Waals surface area contributed by atoms with Gasteiger partial charge in [0.05, 0.1) is 6.54 Å². The fourth-order valence-corrected chi connectivity index (χ4v) is 2.98. The second-order valence-corrected chi connectivity index (χ2v) is 5.68. The Labute approximate surface area is 117 Å². The van der Waals surface area contributed by atoms with Crippen molar-refractivity contribution in [1.29, 1.82) is 0 Å². The minimum absolute atomic E-state index is 0.0463. The van der Waals surface area contributed by atoms with Crippen molar-refractivity contribution >= 4 is 5.96 Å². The average molecular weight is 292 g/mol. The third kappa shape index (κ3) is 4.85. The van der Waals surface area contributed by atoms with Gasteiger partial charge >= 0.3 is 6.18 Å². The van der Waals surface area contributed by atoms with Gasteiger partial charge in [-0.1, -0.05) is 12.8 Å². The molecule has 0 spiro atoms. The van der Waals surface area contributed by atoms with Gasteiger partial charge < -0.3 is 10.6 Å². The van der Waals surface area contributed by atoms with Gasteiger partial charge in [-0.2, -0.15) is 13.2 Å². The van der Waals surface area contributed by atoms with Crippen LogP contribution in [0.5, 0.6) is 0 Å². The summed E-state index contributed by atoms with van der Waals surface area (Å²) in [6.45, 7) is 0.0856. The van der Waals surface area contributed by atoms with Crippen LogP contribution in [0.1, 0.15) is 32.1 Å². The largest absolute Gasteiger partial charge is 0.401 e. The Balaban J connectivity index is 1.75. The molecule has 1 aliphatic carbocycles. The maximum absolute atomic E-state index is 12.3. The van der Waals surface area contributed by atoms with Crippen LogP contribution in [0, 0.1) is 0 Å². The summed E-state index contributed by atoms with van der Waals surface area (Å²) in [6, 6.07) is 0.499. The molecule has 2 N–H and O–H groups in total. The lowest BCUT2D eigenvalue weighted by atomic mass is 10.2. The summed E-state index contributed by atoms with van der Waals surface area (Å²) in [5, 5.41) is 6.59. The van der Waals surface area contributed by atoms with Crippen LogP contribution in [0.25, 0.3) is 0 Å². The molecule has 2 rings (SSSR count). The molecule has 0 aromatic rings. The molecule has 1 aliphatic heterocycles. The molecule has 1 atom stereocenters. The van der Waals surface area contributed by atoms with E-state index in [9.17, 15) is 13.2 Å². The molecule has 0 bridgehead atoms. The predicted octanol–water partition coefficient (Wildman–Crippen LogP) is 1.73. The van der Waals surface area contributed by atoms with E-state index in [0.717, 1.165) is 25.2 Å². The zero-order valence-electron chi connectivity index (χ0n) is 11.8. The van der Waals surface area contributed by atoms with Crippen LogP contribution in [-0.2, 0) is 0 Å². The van der Waals surface area contributed by atoms with Crippen molar-refractivity contribution in [3.8, 4) is 0 Å². The smallest absolute Gasteiger partial charge is 0.354 e. The first kappa shape index (κ1) is 15.4. The number of nitrogens with zero attached hydrogens (tertiary/aromatic N) is 2. The minimum atomic E-state index is -4.11. The summed E-state index contributed by atoms with van der Waals surface area (Å²) in [7, 11) is 1.70. The van der Waals surface area contributed by atoms with Gasteiger partial charge in [0.1, 0.15) is 0 Å². The highest BCUT2D eigenvalue weighted by Crippen LogP contribution is 2.20. The maximum atomic E-state index is 12.3. The Bertz CT molecular complexity index is 337. The minimum Gasteiger partial charge on any atom is -0.354 e. The van der Waals surface area contributed by atoms with Crippen molar-refractivity contribution < 1.29 is 13.2 Å². The molecule has 0 radical (unpaired) electrons. The molecule has 116 valence electrons. The second-order valence-electron chi connectivity index (χ2n) is 5.68. The maximum Gasteiger partial charge on any atom is 0.401 e. The summed E-state index contributed by atoms with van der Waals surface area (Å²) >= 11 is 0. The number of halogens is 3. The molecule has 1 unspecified atom stereocenters. The Morgan fingerprint density at radius 3 is 2.40 bits per heavy atom. The van der Waals surface area contributed by atoms with E-state index in [1.807, 2.05) is 0 Å². The van der Waals surface area contributed by atoms with Crippen LogP contribution >= 0.6 is 0 Å². The lowest BCUT2D eigenvalue weighted by Crippen LogP contribution is -2.47. The molecular formula is C13H23F3N4. The average Bonchev–Trinajstić information content (AvgIpc) is 2.98. The van der Waals surface area contributed by atoms with Crippen molar-refractivity contribution in [1.82, 2.24) is 15.5 Å². The van der Waals surface area contributed by atoms with Crippen LogP contribution in [0.4, 0.5) is 13.2 Å². The molecule has 1 heterocycles. The normalized spacial score (nSPS) is 26.2. The molecule has 0 aromatic carbocycles. The first-order valence-corrected chi connectivity index (χ1v) is 7.25. The van der Waals surface area contributed by atoms with E-state index in [1.54, 1.807) is 7.05 Å². The number of nitrogens with one attached hydrogen (secondary N) is 2. The van der Waals surface area contributed by atoms with Crippen LogP contribution in [-0.4, -0.2) is 55.8 Å². The monoisotopic (exact) mass is 292 g/mol. The number of likely N-dealkylation sites (tertiary alicyclic amines) is 1. The van der Waals surface area contributed by atoms with Crippen molar-refractivity contribution in [3.05, 3.63) is 0 Å². The number of alkyl halides is 3. The van der Waals surface area contributed by atoms with Gasteiger partial charge in [0.2, 0.25) is 0 Å². The van der Waals surface area contributed by atoms with Crippen molar-refractivity contribution in [2.45, 2.75) is 50.4 Å². The number of rotatable bonds is 3. The van der Waals surface area contributed by atoms with E-state index >= 15 is 0 Å². The lowest BCUT2D eigenvalue weighted by Gasteiger charge is -2.21. The predicted molar refractivity (Wildman–Crippen MR) is 72.8 cm³/mol. The van der Waals surface area contributed by atoms with E-state index in [0.29, 0.717) is 19.1 Å². The van der Waals surface area contributed by atoms with Crippen molar-refractivity contribution in [2.24, 2.45) is 4.99 Å². The van der Waals surface area contributed by atoms with E-state index in [1.165, 1.54) is 17.7 Å². The Morgan fingerprint density at radius 2 is 1.80 bits per heavy atom. The van der Waals surface area contributed by atoms with Gasteiger partial charge in [0.15, 0.2) is 5.96 Å². The molecular weight excluding hydrogens is 269 g/mol. The van der Waals surface area contributed by atoms with Crippen molar-refractivity contribution in [3.63, 3.8) is 0 Å². The second kappa shape index (κ2) is 6.65. The number of aliphatic imine (C=N–C) groups is 1. The molecule has 7 heteroatoms. The van der Waals surface area contributed by atoms with Crippen molar-refractivity contribution in [2.75, 3.05) is 26.7 Å². The third-order valence-corrected chi connectivity index (χ3v) is 3.94. The molecule has 0 aromatic heterocycles. The Morgan fingerprint density at radius 1 is 1.15 bits per heavy atom. The van der Waals surface area contributed by atoms with Gasteiger partial charge in [-0.05, 0) is 19.3 Å². The zero-order chi connectivity index (χ0) is 14.6. The highest BCUT2D eigenvalue weighted by molar-refractivity contribution is 5.80. The van der Waals surface area contributed by atoms with Gasteiger partial charge in [-0.25, -0.2) is 0 Å². The third-order valence-electron chi connectivity index (χ3n) is 3.94. The zero-order valence-corrected chi connectivity index (χ0v) is 11.8. The fourth-order valence-electron chi connectivity index (χ4n) is 2.98. The number of guanidine groups is 1. The molecule has 2 fully saturated rings. The van der Waals surface area contributed by atoms with E-state index < -0.39 is 12.7 Å². The van der Waals surface area contributed by atoms with E-state index in [4.69, 9.17) is 0 Å². The Kier molecular flexibility index (Phi) is 5.12. The highest BCUT2D eigenvalue weighted by Gasteiger charge is 2.34. The van der Waals surface area contributed by atoms with Gasteiger partial charge in [-0.15, -0.1) is 0 Å². The first-order valence-electron chi connectivity index (χ1n) is 7.25. The van der Waals surface area contributed by atoms with Crippen LogP contribution in [0.3, 0.4) is 0 Å². The molecule has 4 nitrogen and oxygen atoms in total. The lowest BCUT2D eigenvalue weighted by molar-refractivity contribution is -0.143. The Hall–Kier alpha value is -0.980. The van der Waals surface area contributed by atoms with Crippen LogP contribution in [0.15, 0.2) is 4.99 Å². The molecule has 20 heavy (non-hydrogen) atoms. The van der Waals surface area contributed by atoms with E-state index in [2.05, 4.69) is 15.6 Å². The summed E-state index contributed by atoms with van der Waals surface area (Å²) in [5.74, 6) is 0.718. The van der Waals surface area contributed by atoms with Gasteiger partial charge in [-0.3, -0.25) is 9.89 Å². The summed E-state index contributed by atoms with van der Waals surface area (Å²) in [4.78, 5) is 5.61. The number of hydrogen-bond acceptors (Lipinski definition) is 2. The van der Waals surface area contributed by atoms with Crippen LogP contribution < -0.4 is 10.6 Å². The molecule has 1 saturated carbocycles. The van der Waals surface area contributed by atoms with Gasteiger partial charge in [0, 0.05) is 32.2 Å². The van der Waals surface area contributed by atoms with E-state index in [-0.39, 0.29) is 6.04 Å². The number of hydrogen-bond donors (Lipinski definition) is 2. The summed E-state index contributed by atoms with van der Waals surface area (Å²) in [6.07, 6.45) is 1.37. The fraction of sp³-hybridized carbons (Fsp3) is 0.923. The summed E-state index contributed by atoms with van der Waals surface area (Å²) in [5.41, 5.74) is 0. The standard InChI is InChI=1S/C13H23F3N4/c1-17-12(18-10-4-2-3-5-10)19-11-6-7-20(8-11)9-13(14,15)16/h10-11H,2-9H2,1H3,(H2,17,18,19). The molecule has 2 aliphatic rings. The first-order chi connectivity index (χ1) is 9.46. The molecule has 0 amide bonds.